The molecule has 0 aliphatic carbocycles. The SMILES string of the molecule is Cc1cccc(N(CC(=O)Nc2ccc(C#N)cc2)S(C)(=O)=O)c1. The van der Waals surface area contributed by atoms with Crippen LogP contribution in [0.15, 0.2) is 48.5 Å². The summed E-state index contributed by atoms with van der Waals surface area (Å²) in [5.41, 5.74) is 2.31. The van der Waals surface area contributed by atoms with Gasteiger partial charge in [0.05, 0.1) is 23.6 Å². The van der Waals surface area contributed by atoms with Gasteiger partial charge in [-0.25, -0.2) is 8.42 Å². The Morgan fingerprint density at radius 2 is 1.88 bits per heavy atom. The van der Waals surface area contributed by atoms with Crippen LogP contribution in [0.2, 0.25) is 0 Å². The lowest BCUT2D eigenvalue weighted by Crippen LogP contribution is -2.37. The lowest BCUT2D eigenvalue weighted by molar-refractivity contribution is -0.114. The number of amides is 1. The van der Waals surface area contributed by atoms with Gasteiger partial charge in [-0.05, 0) is 48.9 Å². The van der Waals surface area contributed by atoms with Crippen molar-refractivity contribution in [1.29, 1.82) is 5.26 Å². The van der Waals surface area contributed by atoms with Crippen molar-refractivity contribution >= 4 is 27.3 Å². The van der Waals surface area contributed by atoms with Gasteiger partial charge >= 0.3 is 0 Å². The van der Waals surface area contributed by atoms with Gasteiger partial charge < -0.3 is 5.32 Å². The van der Waals surface area contributed by atoms with Crippen LogP contribution in [-0.2, 0) is 14.8 Å². The van der Waals surface area contributed by atoms with Crippen molar-refractivity contribution in [2.75, 3.05) is 22.4 Å². The summed E-state index contributed by atoms with van der Waals surface area (Å²) in [6.45, 7) is 1.52. The Morgan fingerprint density at radius 1 is 1.21 bits per heavy atom. The predicted molar refractivity (Wildman–Crippen MR) is 93.2 cm³/mol. The summed E-state index contributed by atoms with van der Waals surface area (Å²) >= 11 is 0. The van der Waals surface area contributed by atoms with Gasteiger partial charge in [0.25, 0.3) is 0 Å². The fourth-order valence-corrected chi connectivity index (χ4v) is 2.99. The molecule has 6 nitrogen and oxygen atoms in total. The normalized spacial score (nSPS) is 10.7. The molecule has 0 spiro atoms. The zero-order chi connectivity index (χ0) is 17.7. The van der Waals surface area contributed by atoms with E-state index in [4.69, 9.17) is 5.26 Å². The van der Waals surface area contributed by atoms with Crippen LogP contribution in [0.4, 0.5) is 11.4 Å². The Morgan fingerprint density at radius 3 is 2.42 bits per heavy atom. The second-order valence-corrected chi connectivity index (χ2v) is 7.25. The van der Waals surface area contributed by atoms with E-state index in [-0.39, 0.29) is 6.54 Å². The molecule has 0 saturated heterocycles. The first-order valence-electron chi connectivity index (χ1n) is 7.14. The Hall–Kier alpha value is -2.85. The van der Waals surface area contributed by atoms with E-state index >= 15 is 0 Å². The molecule has 0 heterocycles. The van der Waals surface area contributed by atoms with Crippen molar-refractivity contribution < 1.29 is 13.2 Å². The number of carbonyl (C=O) groups excluding carboxylic acids is 1. The summed E-state index contributed by atoms with van der Waals surface area (Å²) in [4.78, 5) is 12.2. The van der Waals surface area contributed by atoms with E-state index in [1.807, 2.05) is 19.1 Å². The molecule has 0 radical (unpaired) electrons. The molecule has 0 unspecified atom stereocenters. The molecule has 124 valence electrons. The third-order valence-corrected chi connectivity index (χ3v) is 4.42. The monoisotopic (exact) mass is 343 g/mol. The zero-order valence-corrected chi connectivity index (χ0v) is 14.2. The number of sulfonamides is 1. The van der Waals surface area contributed by atoms with Gasteiger partial charge in [-0.2, -0.15) is 5.26 Å². The van der Waals surface area contributed by atoms with Gasteiger partial charge in [-0.3, -0.25) is 9.10 Å². The standard InChI is InChI=1S/C17H17N3O3S/c1-13-4-3-5-16(10-13)20(24(2,22)23)12-17(21)19-15-8-6-14(11-18)7-9-15/h3-10H,12H2,1-2H3,(H,19,21). The summed E-state index contributed by atoms with van der Waals surface area (Å²) in [7, 11) is -3.60. The van der Waals surface area contributed by atoms with E-state index < -0.39 is 15.9 Å². The summed E-state index contributed by atoms with van der Waals surface area (Å²) in [6, 6.07) is 15.2. The maximum atomic E-state index is 12.2. The minimum atomic E-state index is -3.60. The first-order valence-corrected chi connectivity index (χ1v) is 8.99. The molecular weight excluding hydrogens is 326 g/mol. The average molecular weight is 343 g/mol. The van der Waals surface area contributed by atoms with Crippen LogP contribution in [0.5, 0.6) is 0 Å². The summed E-state index contributed by atoms with van der Waals surface area (Å²) < 4.78 is 25.1. The smallest absolute Gasteiger partial charge is 0.245 e. The molecule has 0 bridgehead atoms. The number of hydrogen-bond acceptors (Lipinski definition) is 4. The van der Waals surface area contributed by atoms with Gasteiger partial charge in [0.1, 0.15) is 6.54 Å². The summed E-state index contributed by atoms with van der Waals surface area (Å²) in [6.07, 6.45) is 1.06. The fraction of sp³-hybridized carbons (Fsp3) is 0.176. The van der Waals surface area contributed by atoms with Gasteiger partial charge in [0, 0.05) is 5.69 Å². The van der Waals surface area contributed by atoms with Crippen molar-refractivity contribution in [3.05, 3.63) is 59.7 Å². The second-order valence-electron chi connectivity index (χ2n) is 5.35. The summed E-state index contributed by atoms with van der Waals surface area (Å²) in [5, 5.41) is 11.4. The topological polar surface area (TPSA) is 90.3 Å². The van der Waals surface area contributed by atoms with Crippen LogP contribution >= 0.6 is 0 Å². The van der Waals surface area contributed by atoms with E-state index in [2.05, 4.69) is 5.32 Å². The number of nitrogens with one attached hydrogen (secondary N) is 1. The van der Waals surface area contributed by atoms with E-state index in [9.17, 15) is 13.2 Å². The molecule has 0 saturated carbocycles. The lowest BCUT2D eigenvalue weighted by atomic mass is 10.2. The number of benzene rings is 2. The van der Waals surface area contributed by atoms with Gasteiger partial charge in [-0.15, -0.1) is 0 Å². The highest BCUT2D eigenvalue weighted by molar-refractivity contribution is 7.92. The molecular formula is C17H17N3O3S. The summed E-state index contributed by atoms with van der Waals surface area (Å²) in [5.74, 6) is -0.466. The highest BCUT2D eigenvalue weighted by atomic mass is 32.2. The minimum absolute atomic E-state index is 0.331. The number of aryl methyl sites for hydroxylation is 1. The van der Waals surface area contributed by atoms with Crippen LogP contribution in [0, 0.1) is 18.3 Å². The Kier molecular flexibility index (Phi) is 5.21. The molecule has 0 aliphatic heterocycles. The first-order chi connectivity index (χ1) is 11.3. The molecule has 0 aliphatic rings. The predicted octanol–water partition coefficient (Wildman–Crippen LogP) is 2.27. The van der Waals surface area contributed by atoms with Crippen molar-refractivity contribution in [3.8, 4) is 6.07 Å². The van der Waals surface area contributed by atoms with Crippen LogP contribution in [0.3, 0.4) is 0 Å². The minimum Gasteiger partial charge on any atom is -0.325 e. The molecule has 2 aromatic rings. The highest BCUT2D eigenvalue weighted by Gasteiger charge is 2.21. The van der Waals surface area contributed by atoms with Crippen LogP contribution in [0.1, 0.15) is 11.1 Å². The van der Waals surface area contributed by atoms with E-state index in [0.29, 0.717) is 16.9 Å². The number of nitriles is 1. The number of rotatable bonds is 5. The van der Waals surface area contributed by atoms with Crippen LogP contribution < -0.4 is 9.62 Å². The lowest BCUT2D eigenvalue weighted by Gasteiger charge is -2.22. The fourth-order valence-electron chi connectivity index (χ4n) is 2.14. The largest absolute Gasteiger partial charge is 0.325 e. The molecule has 24 heavy (non-hydrogen) atoms. The van der Waals surface area contributed by atoms with Gasteiger partial charge in [0.2, 0.25) is 15.9 Å². The van der Waals surface area contributed by atoms with Crippen molar-refractivity contribution in [1.82, 2.24) is 0 Å². The molecule has 2 rings (SSSR count). The number of nitrogens with zero attached hydrogens (tertiary/aromatic N) is 2. The highest BCUT2D eigenvalue weighted by Crippen LogP contribution is 2.19. The quantitative estimate of drug-likeness (QED) is 0.902. The number of carbonyl (C=O) groups is 1. The molecule has 2 aromatic carbocycles. The maximum Gasteiger partial charge on any atom is 0.245 e. The maximum absolute atomic E-state index is 12.2. The molecule has 7 heteroatoms. The molecule has 1 amide bonds. The van der Waals surface area contributed by atoms with Crippen LogP contribution in [0.25, 0.3) is 0 Å². The van der Waals surface area contributed by atoms with E-state index in [1.165, 1.54) is 0 Å². The molecule has 0 atom stereocenters. The third-order valence-electron chi connectivity index (χ3n) is 3.27. The number of anilines is 2. The first kappa shape index (κ1) is 17.5. The van der Waals surface area contributed by atoms with Crippen molar-refractivity contribution in [3.63, 3.8) is 0 Å². The van der Waals surface area contributed by atoms with E-state index in [1.54, 1.807) is 42.5 Å². The molecule has 0 fully saturated rings. The zero-order valence-electron chi connectivity index (χ0n) is 13.4. The Bertz CT molecular complexity index is 884. The Labute approximate surface area is 141 Å². The third kappa shape index (κ3) is 4.57. The molecule has 0 aromatic heterocycles. The van der Waals surface area contributed by atoms with Crippen molar-refractivity contribution in [2.45, 2.75) is 6.92 Å². The van der Waals surface area contributed by atoms with E-state index in [0.717, 1.165) is 16.1 Å². The van der Waals surface area contributed by atoms with Gasteiger partial charge in [-0.1, -0.05) is 12.1 Å². The second kappa shape index (κ2) is 7.15. The van der Waals surface area contributed by atoms with Crippen LogP contribution in [-0.4, -0.2) is 27.1 Å². The van der Waals surface area contributed by atoms with Gasteiger partial charge in [0.15, 0.2) is 0 Å². The van der Waals surface area contributed by atoms with Crippen molar-refractivity contribution in [2.24, 2.45) is 0 Å². The average Bonchev–Trinajstić information content (AvgIpc) is 2.52. The molecule has 1 N–H and O–H groups in total. The number of hydrogen-bond donors (Lipinski definition) is 1. The Balaban J connectivity index is 2.17.